The molecule has 0 heterocycles. The van der Waals surface area contributed by atoms with E-state index < -0.39 is 5.97 Å². The Morgan fingerprint density at radius 2 is 2.19 bits per heavy atom. The fourth-order valence-corrected chi connectivity index (χ4v) is 1.47. The number of nitrogens with one attached hydrogen (secondary N) is 1. The fourth-order valence-electron chi connectivity index (χ4n) is 1.47. The molecule has 0 amide bonds. The van der Waals surface area contributed by atoms with Gasteiger partial charge in [-0.3, -0.25) is 4.79 Å². The number of aliphatic carboxylic acids is 1. The van der Waals surface area contributed by atoms with Gasteiger partial charge in [-0.1, -0.05) is 19.9 Å². The van der Waals surface area contributed by atoms with Crippen molar-refractivity contribution in [1.82, 2.24) is 5.01 Å². The van der Waals surface area contributed by atoms with E-state index in [9.17, 15) is 4.79 Å². The second-order valence-corrected chi connectivity index (χ2v) is 4.01. The number of allylic oxidation sites excluding steroid dienone is 1. The number of hydrogen-bond acceptors (Lipinski definition) is 5. The van der Waals surface area contributed by atoms with Crippen LogP contribution in [0.4, 0.5) is 0 Å². The molecule has 0 aromatic rings. The standard InChI is InChI=1S/C10H20N4O2/c1-4-9(14(12)6-10(15)16)8(13-11)5-7(2)3/h4,7-8,11H,5-6,12H2,1-3H3,(H,15,16). The number of nitrogens with zero attached hydrogens (tertiary/aromatic N) is 2. The molecule has 0 aliphatic heterocycles. The Labute approximate surface area is 95.6 Å². The van der Waals surface area contributed by atoms with Crippen LogP contribution in [0.25, 0.3) is 0 Å². The van der Waals surface area contributed by atoms with Crippen molar-refractivity contribution in [2.45, 2.75) is 33.2 Å². The highest BCUT2D eigenvalue weighted by molar-refractivity contribution is 5.69. The molecule has 0 saturated heterocycles. The van der Waals surface area contributed by atoms with Crippen molar-refractivity contribution >= 4 is 5.97 Å². The molecular weight excluding hydrogens is 208 g/mol. The van der Waals surface area contributed by atoms with E-state index in [1.807, 2.05) is 13.8 Å². The first-order chi connectivity index (χ1) is 7.42. The fraction of sp³-hybridized carbons (Fsp3) is 0.700. The van der Waals surface area contributed by atoms with Crippen LogP contribution < -0.4 is 5.84 Å². The van der Waals surface area contributed by atoms with Gasteiger partial charge in [-0.2, -0.15) is 5.11 Å². The van der Waals surface area contributed by atoms with Crippen LogP contribution in [0.1, 0.15) is 27.2 Å². The predicted octanol–water partition coefficient (Wildman–Crippen LogP) is 1.60. The van der Waals surface area contributed by atoms with Crippen molar-refractivity contribution < 1.29 is 9.90 Å². The van der Waals surface area contributed by atoms with Crippen molar-refractivity contribution in [2.24, 2.45) is 16.9 Å². The van der Waals surface area contributed by atoms with Gasteiger partial charge in [0.25, 0.3) is 0 Å². The average Bonchev–Trinajstić information content (AvgIpc) is 2.15. The first kappa shape index (κ1) is 14.6. The highest BCUT2D eigenvalue weighted by atomic mass is 16.4. The molecule has 6 nitrogen and oxygen atoms in total. The van der Waals surface area contributed by atoms with Gasteiger partial charge in [0, 0.05) is 0 Å². The minimum atomic E-state index is -1.00. The van der Waals surface area contributed by atoms with Gasteiger partial charge in [-0.05, 0) is 19.3 Å². The second kappa shape index (κ2) is 6.95. The lowest BCUT2D eigenvalue weighted by atomic mass is 10.0. The van der Waals surface area contributed by atoms with Crippen molar-refractivity contribution in [1.29, 1.82) is 5.53 Å². The summed E-state index contributed by atoms with van der Waals surface area (Å²) in [7, 11) is 0. The molecule has 0 rings (SSSR count). The van der Waals surface area contributed by atoms with Crippen molar-refractivity contribution in [3.63, 3.8) is 0 Å². The van der Waals surface area contributed by atoms with Gasteiger partial charge in [0.05, 0.1) is 5.70 Å². The van der Waals surface area contributed by atoms with Crippen LogP contribution in [0.15, 0.2) is 16.9 Å². The first-order valence-corrected chi connectivity index (χ1v) is 5.19. The highest BCUT2D eigenvalue weighted by Gasteiger charge is 2.19. The first-order valence-electron chi connectivity index (χ1n) is 5.19. The quantitative estimate of drug-likeness (QED) is 0.350. The van der Waals surface area contributed by atoms with Crippen LogP contribution in [0.5, 0.6) is 0 Å². The molecule has 0 radical (unpaired) electrons. The lowest BCUT2D eigenvalue weighted by Gasteiger charge is -2.25. The molecule has 0 saturated carbocycles. The normalized spacial score (nSPS) is 13.7. The molecule has 0 aromatic carbocycles. The Hall–Kier alpha value is -1.43. The van der Waals surface area contributed by atoms with Crippen LogP contribution in [-0.2, 0) is 4.79 Å². The summed E-state index contributed by atoms with van der Waals surface area (Å²) in [5.74, 6) is 4.99. The smallest absolute Gasteiger partial charge is 0.324 e. The molecule has 0 aromatic heterocycles. The number of hydrazine groups is 1. The Balaban J connectivity index is 4.68. The van der Waals surface area contributed by atoms with Gasteiger partial charge in [0.1, 0.15) is 12.6 Å². The second-order valence-electron chi connectivity index (χ2n) is 4.01. The third kappa shape index (κ3) is 4.88. The Kier molecular flexibility index (Phi) is 6.32. The minimum Gasteiger partial charge on any atom is -0.480 e. The van der Waals surface area contributed by atoms with Gasteiger partial charge >= 0.3 is 5.97 Å². The van der Waals surface area contributed by atoms with Gasteiger partial charge in [0.2, 0.25) is 0 Å². The molecule has 0 fully saturated rings. The molecule has 0 aliphatic rings. The van der Waals surface area contributed by atoms with E-state index in [1.165, 1.54) is 0 Å². The summed E-state index contributed by atoms with van der Waals surface area (Å²) >= 11 is 0. The summed E-state index contributed by atoms with van der Waals surface area (Å²) in [5.41, 5.74) is 7.69. The molecule has 92 valence electrons. The van der Waals surface area contributed by atoms with E-state index in [-0.39, 0.29) is 12.6 Å². The topological polar surface area (TPSA) is 103 Å². The largest absolute Gasteiger partial charge is 0.480 e. The third-order valence-corrected chi connectivity index (χ3v) is 2.12. The lowest BCUT2D eigenvalue weighted by Crippen LogP contribution is -2.39. The molecule has 1 atom stereocenters. The maximum Gasteiger partial charge on any atom is 0.324 e. The minimum absolute atomic E-state index is 0.288. The monoisotopic (exact) mass is 228 g/mol. The van der Waals surface area contributed by atoms with Gasteiger partial charge in [-0.15, -0.1) is 0 Å². The molecule has 16 heavy (non-hydrogen) atoms. The SMILES string of the molecule is CC=C(C(CC(C)C)N=N)N(N)CC(=O)O. The molecule has 0 bridgehead atoms. The zero-order chi connectivity index (χ0) is 12.7. The lowest BCUT2D eigenvalue weighted by molar-refractivity contribution is -0.137. The van der Waals surface area contributed by atoms with Crippen LogP contribution in [0.2, 0.25) is 0 Å². The maximum atomic E-state index is 10.5. The number of carbonyl (C=O) groups is 1. The Bertz CT molecular complexity index is 276. The number of hydrogen-bond donors (Lipinski definition) is 3. The number of nitrogens with two attached hydrogens (primary N) is 1. The van der Waals surface area contributed by atoms with E-state index in [4.69, 9.17) is 16.5 Å². The molecule has 4 N–H and O–H groups in total. The predicted molar refractivity (Wildman–Crippen MR) is 60.7 cm³/mol. The van der Waals surface area contributed by atoms with Gasteiger partial charge in [0.15, 0.2) is 0 Å². The average molecular weight is 228 g/mol. The van der Waals surface area contributed by atoms with Crippen LogP contribution in [0.3, 0.4) is 0 Å². The molecule has 0 spiro atoms. The summed E-state index contributed by atoms with van der Waals surface area (Å²) in [4.78, 5) is 10.5. The zero-order valence-corrected chi connectivity index (χ0v) is 9.97. The van der Waals surface area contributed by atoms with Crippen molar-refractivity contribution in [3.05, 3.63) is 11.8 Å². The van der Waals surface area contributed by atoms with E-state index >= 15 is 0 Å². The molecule has 6 heteroatoms. The molecule has 1 unspecified atom stereocenters. The highest BCUT2D eigenvalue weighted by Crippen LogP contribution is 2.17. The van der Waals surface area contributed by atoms with Crippen molar-refractivity contribution in [3.8, 4) is 0 Å². The number of carboxylic acid groups (broad SMARTS) is 1. The van der Waals surface area contributed by atoms with E-state index in [2.05, 4.69) is 5.11 Å². The van der Waals surface area contributed by atoms with Crippen LogP contribution >= 0.6 is 0 Å². The Morgan fingerprint density at radius 1 is 1.62 bits per heavy atom. The maximum absolute atomic E-state index is 10.5. The summed E-state index contributed by atoms with van der Waals surface area (Å²) in [6, 6.07) is -0.366. The van der Waals surface area contributed by atoms with Crippen LogP contribution in [-0.4, -0.2) is 28.7 Å². The van der Waals surface area contributed by atoms with E-state index in [0.29, 0.717) is 18.0 Å². The zero-order valence-electron chi connectivity index (χ0n) is 9.97. The van der Waals surface area contributed by atoms with Crippen molar-refractivity contribution in [2.75, 3.05) is 6.54 Å². The summed E-state index contributed by atoms with van der Waals surface area (Å²) in [5, 5.41) is 13.3. The van der Waals surface area contributed by atoms with Gasteiger partial charge in [-0.25, -0.2) is 11.4 Å². The molecule has 0 aliphatic carbocycles. The molecular formula is C10H20N4O2. The number of carboxylic acids is 1. The number of rotatable bonds is 7. The third-order valence-electron chi connectivity index (χ3n) is 2.12. The van der Waals surface area contributed by atoms with Gasteiger partial charge < -0.3 is 10.1 Å². The van der Waals surface area contributed by atoms with E-state index in [1.54, 1.807) is 13.0 Å². The summed E-state index contributed by atoms with van der Waals surface area (Å²) < 4.78 is 0. The summed E-state index contributed by atoms with van der Waals surface area (Å²) in [6.07, 6.45) is 2.38. The summed E-state index contributed by atoms with van der Waals surface area (Å²) in [6.45, 7) is 5.51. The Morgan fingerprint density at radius 3 is 2.50 bits per heavy atom. The van der Waals surface area contributed by atoms with E-state index in [0.717, 1.165) is 5.01 Å². The van der Waals surface area contributed by atoms with Crippen LogP contribution in [0, 0.1) is 11.4 Å².